The molecule has 146 valence electrons. The standard InChI is InChI=1S/C18H27N3O3S.ClH/c1-24-15-5-7-16(8-6-15)25-13-18(23)21-11-3-2-4-14(21)12-20-17(22)9-10-19;/h5-8,14H,2-4,9-13,19H2,1H3,(H,20,22);1H. The third kappa shape index (κ3) is 7.05. The summed E-state index contributed by atoms with van der Waals surface area (Å²) in [5.74, 6) is 1.28. The molecule has 1 fully saturated rings. The van der Waals surface area contributed by atoms with Crippen LogP contribution >= 0.6 is 24.2 Å². The van der Waals surface area contributed by atoms with E-state index in [4.69, 9.17) is 10.5 Å². The first-order valence-electron chi connectivity index (χ1n) is 8.67. The number of carbonyl (C=O) groups is 2. The molecule has 1 unspecified atom stereocenters. The molecular weight excluding hydrogens is 374 g/mol. The highest BCUT2D eigenvalue weighted by molar-refractivity contribution is 8.00. The molecule has 0 bridgehead atoms. The average Bonchev–Trinajstić information content (AvgIpc) is 2.65. The van der Waals surface area contributed by atoms with Crippen LogP contribution in [0.15, 0.2) is 29.2 Å². The zero-order chi connectivity index (χ0) is 18.1. The van der Waals surface area contributed by atoms with Gasteiger partial charge in [-0.25, -0.2) is 0 Å². The van der Waals surface area contributed by atoms with Gasteiger partial charge in [0.15, 0.2) is 0 Å². The van der Waals surface area contributed by atoms with Crippen molar-refractivity contribution in [3.05, 3.63) is 24.3 Å². The molecule has 3 N–H and O–H groups in total. The predicted octanol–water partition coefficient (Wildman–Crippen LogP) is 2.06. The Balaban J connectivity index is 0.00000338. The van der Waals surface area contributed by atoms with Gasteiger partial charge in [0, 0.05) is 37.0 Å². The van der Waals surface area contributed by atoms with E-state index in [2.05, 4.69) is 5.32 Å². The van der Waals surface area contributed by atoms with Crippen LogP contribution < -0.4 is 15.8 Å². The van der Waals surface area contributed by atoms with Crippen molar-refractivity contribution in [3.8, 4) is 5.75 Å². The van der Waals surface area contributed by atoms with Gasteiger partial charge in [-0.3, -0.25) is 9.59 Å². The van der Waals surface area contributed by atoms with E-state index in [-0.39, 0.29) is 30.3 Å². The second-order valence-corrected chi connectivity index (χ2v) is 7.09. The Bertz CT molecular complexity index is 571. The Morgan fingerprint density at radius 2 is 2.04 bits per heavy atom. The molecule has 8 heteroatoms. The lowest BCUT2D eigenvalue weighted by molar-refractivity contribution is -0.132. The predicted molar refractivity (Wildman–Crippen MR) is 107 cm³/mol. The van der Waals surface area contributed by atoms with E-state index < -0.39 is 0 Å². The van der Waals surface area contributed by atoms with Gasteiger partial charge in [-0.15, -0.1) is 24.2 Å². The number of hydrogen-bond donors (Lipinski definition) is 2. The van der Waals surface area contributed by atoms with Crippen molar-refractivity contribution in [2.24, 2.45) is 5.73 Å². The van der Waals surface area contributed by atoms with Crippen LogP contribution in [0, 0.1) is 0 Å². The molecule has 1 aromatic carbocycles. The fraction of sp³-hybridized carbons (Fsp3) is 0.556. The summed E-state index contributed by atoms with van der Waals surface area (Å²) in [7, 11) is 1.63. The van der Waals surface area contributed by atoms with Crippen LogP contribution in [-0.4, -0.2) is 55.3 Å². The summed E-state index contributed by atoms with van der Waals surface area (Å²) in [5.41, 5.74) is 5.39. The molecule has 1 aliphatic heterocycles. The fourth-order valence-corrected chi connectivity index (χ4v) is 3.68. The summed E-state index contributed by atoms with van der Waals surface area (Å²) in [5, 5.41) is 2.89. The van der Waals surface area contributed by atoms with Crippen LogP contribution in [0.3, 0.4) is 0 Å². The summed E-state index contributed by atoms with van der Waals surface area (Å²) in [6.07, 6.45) is 3.37. The Labute approximate surface area is 165 Å². The molecule has 1 saturated heterocycles. The van der Waals surface area contributed by atoms with Gasteiger partial charge in [0.1, 0.15) is 5.75 Å². The third-order valence-electron chi connectivity index (χ3n) is 4.28. The first-order valence-corrected chi connectivity index (χ1v) is 9.65. The van der Waals surface area contributed by atoms with Crippen LogP contribution in [0.25, 0.3) is 0 Å². The smallest absolute Gasteiger partial charge is 0.233 e. The van der Waals surface area contributed by atoms with Gasteiger partial charge in [0.2, 0.25) is 11.8 Å². The minimum atomic E-state index is -0.0481. The number of rotatable bonds is 8. The molecule has 0 aliphatic carbocycles. The summed E-state index contributed by atoms with van der Waals surface area (Å²) < 4.78 is 5.14. The number of thioether (sulfide) groups is 1. The number of benzene rings is 1. The van der Waals surface area contributed by atoms with E-state index in [1.165, 1.54) is 11.8 Å². The number of hydrogen-bond acceptors (Lipinski definition) is 5. The number of carbonyl (C=O) groups excluding carboxylic acids is 2. The average molecular weight is 402 g/mol. The van der Waals surface area contributed by atoms with Gasteiger partial charge in [0.05, 0.1) is 12.9 Å². The minimum absolute atomic E-state index is 0. The number of amides is 2. The Kier molecular flexibility index (Phi) is 10.5. The lowest BCUT2D eigenvalue weighted by Gasteiger charge is -2.36. The van der Waals surface area contributed by atoms with Crippen LogP contribution in [0.2, 0.25) is 0 Å². The van der Waals surface area contributed by atoms with Crippen molar-refractivity contribution in [2.45, 2.75) is 36.6 Å². The number of halogens is 1. The first-order chi connectivity index (χ1) is 12.1. The Morgan fingerprint density at radius 3 is 2.69 bits per heavy atom. The topological polar surface area (TPSA) is 84.7 Å². The number of methoxy groups -OCH3 is 1. The minimum Gasteiger partial charge on any atom is -0.497 e. The van der Waals surface area contributed by atoms with Gasteiger partial charge < -0.3 is 20.7 Å². The van der Waals surface area contributed by atoms with Gasteiger partial charge in [0.25, 0.3) is 0 Å². The van der Waals surface area contributed by atoms with Crippen LogP contribution in [-0.2, 0) is 9.59 Å². The lowest BCUT2D eigenvalue weighted by Crippen LogP contribution is -2.50. The van der Waals surface area contributed by atoms with E-state index in [9.17, 15) is 9.59 Å². The zero-order valence-electron chi connectivity index (χ0n) is 15.1. The van der Waals surface area contributed by atoms with Crippen molar-refractivity contribution in [2.75, 3.05) is 32.5 Å². The second kappa shape index (κ2) is 12.0. The van der Waals surface area contributed by atoms with Crippen LogP contribution in [0.5, 0.6) is 5.75 Å². The monoisotopic (exact) mass is 401 g/mol. The van der Waals surface area contributed by atoms with Crippen LogP contribution in [0.1, 0.15) is 25.7 Å². The van der Waals surface area contributed by atoms with Gasteiger partial charge >= 0.3 is 0 Å². The summed E-state index contributed by atoms with van der Waals surface area (Å²) in [4.78, 5) is 27.2. The molecule has 6 nitrogen and oxygen atoms in total. The van der Waals surface area contributed by atoms with Gasteiger partial charge in [-0.1, -0.05) is 0 Å². The molecule has 0 saturated carbocycles. The van der Waals surface area contributed by atoms with Crippen molar-refractivity contribution in [3.63, 3.8) is 0 Å². The molecule has 1 aliphatic rings. The van der Waals surface area contributed by atoms with E-state index in [1.54, 1.807) is 7.11 Å². The summed E-state index contributed by atoms with van der Waals surface area (Å²) in [6, 6.07) is 7.78. The van der Waals surface area contributed by atoms with E-state index in [0.29, 0.717) is 25.3 Å². The second-order valence-electron chi connectivity index (χ2n) is 6.04. The van der Waals surface area contributed by atoms with Crippen molar-refractivity contribution in [1.29, 1.82) is 0 Å². The van der Waals surface area contributed by atoms with E-state index in [1.807, 2.05) is 29.2 Å². The highest BCUT2D eigenvalue weighted by atomic mass is 35.5. The lowest BCUT2D eigenvalue weighted by atomic mass is 10.0. The molecule has 2 rings (SSSR count). The van der Waals surface area contributed by atoms with Gasteiger partial charge in [-0.2, -0.15) is 0 Å². The molecule has 26 heavy (non-hydrogen) atoms. The number of likely N-dealkylation sites (tertiary alicyclic amines) is 1. The van der Waals surface area contributed by atoms with Crippen molar-refractivity contribution in [1.82, 2.24) is 10.2 Å². The van der Waals surface area contributed by atoms with E-state index >= 15 is 0 Å². The Morgan fingerprint density at radius 1 is 1.31 bits per heavy atom. The summed E-state index contributed by atoms with van der Waals surface area (Å²) in [6.45, 7) is 1.62. The SMILES string of the molecule is COc1ccc(SCC(=O)N2CCCCC2CNC(=O)CCN)cc1.Cl. The number of ether oxygens (including phenoxy) is 1. The van der Waals surface area contributed by atoms with Gasteiger partial charge in [-0.05, 0) is 43.5 Å². The molecule has 0 radical (unpaired) electrons. The molecule has 1 atom stereocenters. The normalized spacial score (nSPS) is 16.5. The highest BCUT2D eigenvalue weighted by Crippen LogP contribution is 2.23. The molecule has 0 aromatic heterocycles. The van der Waals surface area contributed by atoms with E-state index in [0.717, 1.165) is 36.5 Å². The molecular formula is C18H28ClN3O3S. The first kappa shape index (κ1) is 22.6. The number of nitrogens with one attached hydrogen (secondary N) is 1. The van der Waals surface area contributed by atoms with Crippen molar-refractivity contribution < 1.29 is 14.3 Å². The molecule has 1 aromatic rings. The molecule has 0 spiro atoms. The zero-order valence-corrected chi connectivity index (χ0v) is 16.7. The van der Waals surface area contributed by atoms with Crippen molar-refractivity contribution >= 4 is 36.0 Å². The third-order valence-corrected chi connectivity index (χ3v) is 5.27. The highest BCUT2D eigenvalue weighted by Gasteiger charge is 2.26. The largest absolute Gasteiger partial charge is 0.497 e. The quantitative estimate of drug-likeness (QED) is 0.651. The number of nitrogens with two attached hydrogens (primary N) is 1. The van der Waals surface area contributed by atoms with Crippen LogP contribution in [0.4, 0.5) is 0 Å². The number of nitrogens with zero attached hydrogens (tertiary/aromatic N) is 1. The molecule has 1 heterocycles. The molecule has 2 amide bonds. The number of piperidine rings is 1. The maximum atomic E-state index is 12.6. The fourth-order valence-electron chi connectivity index (χ4n) is 2.89. The maximum absolute atomic E-state index is 12.6. The Hall–Kier alpha value is -1.44. The maximum Gasteiger partial charge on any atom is 0.233 e. The summed E-state index contributed by atoms with van der Waals surface area (Å²) >= 11 is 1.53.